The van der Waals surface area contributed by atoms with Gasteiger partial charge in [0.25, 0.3) is 0 Å². The van der Waals surface area contributed by atoms with Crippen molar-refractivity contribution in [3.63, 3.8) is 0 Å². The van der Waals surface area contributed by atoms with Crippen LogP contribution in [0.25, 0.3) is 0 Å². The second-order valence-electron chi connectivity index (χ2n) is 4.85. The van der Waals surface area contributed by atoms with E-state index in [4.69, 9.17) is 4.74 Å². The molecule has 88 valence electrons. The first-order valence-corrected chi connectivity index (χ1v) is 5.98. The molecular formula is C14H20O2. The Morgan fingerprint density at radius 2 is 2.00 bits per heavy atom. The van der Waals surface area contributed by atoms with E-state index in [2.05, 4.69) is 32.9 Å². The van der Waals surface area contributed by atoms with E-state index in [0.717, 1.165) is 18.4 Å². The number of aryl methyl sites for hydroxylation is 2. The van der Waals surface area contributed by atoms with Crippen molar-refractivity contribution in [2.75, 3.05) is 0 Å². The molecule has 1 heterocycles. The quantitative estimate of drug-likeness (QED) is 0.830. The second-order valence-corrected chi connectivity index (χ2v) is 4.85. The van der Waals surface area contributed by atoms with Crippen LogP contribution in [0, 0.1) is 13.8 Å². The van der Waals surface area contributed by atoms with Gasteiger partial charge in [-0.05, 0) is 50.3 Å². The molecule has 1 saturated heterocycles. The minimum atomic E-state index is -0.482. The normalized spacial score (nSPS) is 27.0. The average molecular weight is 220 g/mol. The van der Waals surface area contributed by atoms with E-state index in [1.807, 2.05) is 6.07 Å². The molecule has 2 nitrogen and oxygen atoms in total. The molecule has 2 rings (SSSR count). The molecule has 0 amide bonds. The summed E-state index contributed by atoms with van der Waals surface area (Å²) in [5.41, 5.74) is 3.46. The first kappa shape index (κ1) is 11.6. The molecule has 3 unspecified atom stereocenters. The molecule has 16 heavy (non-hydrogen) atoms. The predicted molar refractivity (Wildman–Crippen MR) is 64.4 cm³/mol. The number of rotatable bonds is 2. The fraction of sp³-hybridized carbons (Fsp3) is 0.571. The van der Waals surface area contributed by atoms with Crippen LogP contribution in [0.5, 0.6) is 0 Å². The third-order valence-electron chi connectivity index (χ3n) is 3.49. The molecule has 0 saturated carbocycles. The number of ether oxygens (including phenoxy) is 1. The van der Waals surface area contributed by atoms with Crippen molar-refractivity contribution in [3.8, 4) is 0 Å². The molecule has 1 N–H and O–H groups in total. The lowest BCUT2D eigenvalue weighted by molar-refractivity contribution is -0.0297. The zero-order chi connectivity index (χ0) is 11.7. The third-order valence-corrected chi connectivity index (χ3v) is 3.49. The zero-order valence-corrected chi connectivity index (χ0v) is 10.2. The van der Waals surface area contributed by atoms with Gasteiger partial charge in [-0.25, -0.2) is 0 Å². The largest absolute Gasteiger partial charge is 0.386 e. The summed E-state index contributed by atoms with van der Waals surface area (Å²) >= 11 is 0. The van der Waals surface area contributed by atoms with E-state index in [9.17, 15) is 5.11 Å². The van der Waals surface area contributed by atoms with E-state index in [1.165, 1.54) is 11.1 Å². The average Bonchev–Trinajstić information content (AvgIpc) is 2.68. The molecular weight excluding hydrogens is 200 g/mol. The molecule has 0 aromatic heterocycles. The monoisotopic (exact) mass is 220 g/mol. The number of benzene rings is 1. The summed E-state index contributed by atoms with van der Waals surface area (Å²) in [5.74, 6) is 0. The second kappa shape index (κ2) is 4.56. The summed E-state index contributed by atoms with van der Waals surface area (Å²) in [5, 5.41) is 10.2. The molecule has 0 aliphatic carbocycles. The highest BCUT2D eigenvalue weighted by Gasteiger charge is 2.29. The van der Waals surface area contributed by atoms with Crippen LogP contribution < -0.4 is 0 Å². The van der Waals surface area contributed by atoms with E-state index in [-0.39, 0.29) is 12.2 Å². The molecule has 0 radical (unpaired) electrons. The Morgan fingerprint density at radius 1 is 1.25 bits per heavy atom. The summed E-state index contributed by atoms with van der Waals surface area (Å²) in [6.07, 6.45) is 1.77. The maximum atomic E-state index is 10.2. The highest BCUT2D eigenvalue weighted by molar-refractivity contribution is 5.31. The molecule has 3 atom stereocenters. The smallest absolute Gasteiger partial charge is 0.105 e. The molecule has 0 bridgehead atoms. The van der Waals surface area contributed by atoms with Gasteiger partial charge in [0.05, 0.1) is 12.2 Å². The van der Waals surface area contributed by atoms with Gasteiger partial charge in [-0.1, -0.05) is 18.2 Å². The topological polar surface area (TPSA) is 29.5 Å². The van der Waals surface area contributed by atoms with Crippen LogP contribution in [0.1, 0.15) is 42.6 Å². The van der Waals surface area contributed by atoms with Crippen LogP contribution >= 0.6 is 0 Å². The van der Waals surface area contributed by atoms with Gasteiger partial charge in [-0.2, -0.15) is 0 Å². The number of hydrogen-bond acceptors (Lipinski definition) is 2. The van der Waals surface area contributed by atoms with Crippen molar-refractivity contribution in [1.29, 1.82) is 0 Å². The van der Waals surface area contributed by atoms with Gasteiger partial charge in [0, 0.05) is 0 Å². The van der Waals surface area contributed by atoms with Crippen molar-refractivity contribution in [1.82, 2.24) is 0 Å². The summed E-state index contributed by atoms with van der Waals surface area (Å²) in [4.78, 5) is 0. The van der Waals surface area contributed by atoms with E-state index in [0.29, 0.717) is 0 Å². The van der Waals surface area contributed by atoms with Crippen molar-refractivity contribution in [2.45, 2.75) is 51.9 Å². The molecule has 1 fully saturated rings. The summed E-state index contributed by atoms with van der Waals surface area (Å²) in [6.45, 7) is 6.22. The lowest BCUT2D eigenvalue weighted by atomic mass is 9.98. The highest BCUT2D eigenvalue weighted by Crippen LogP contribution is 2.30. The van der Waals surface area contributed by atoms with Crippen LogP contribution in [-0.2, 0) is 4.74 Å². The van der Waals surface area contributed by atoms with Crippen molar-refractivity contribution >= 4 is 0 Å². The minimum absolute atomic E-state index is 0.0305. The number of aliphatic hydroxyl groups excluding tert-OH is 1. The molecule has 1 aliphatic heterocycles. The Labute approximate surface area is 97.3 Å². The zero-order valence-electron chi connectivity index (χ0n) is 10.2. The Balaban J connectivity index is 2.14. The number of aliphatic hydroxyl groups is 1. The predicted octanol–water partition coefficient (Wildman–Crippen LogP) is 2.90. The molecule has 1 aromatic carbocycles. The maximum absolute atomic E-state index is 10.2. The van der Waals surface area contributed by atoms with Crippen molar-refractivity contribution in [3.05, 3.63) is 34.9 Å². The lowest BCUT2D eigenvalue weighted by Gasteiger charge is -2.19. The Bertz CT molecular complexity index is 373. The lowest BCUT2D eigenvalue weighted by Crippen LogP contribution is -2.18. The summed E-state index contributed by atoms with van der Waals surface area (Å²) in [7, 11) is 0. The van der Waals surface area contributed by atoms with E-state index in [1.54, 1.807) is 0 Å². The van der Waals surface area contributed by atoms with Crippen LogP contribution in [0.15, 0.2) is 18.2 Å². The van der Waals surface area contributed by atoms with Crippen LogP contribution in [0.2, 0.25) is 0 Å². The van der Waals surface area contributed by atoms with Crippen LogP contribution in [-0.4, -0.2) is 17.3 Å². The van der Waals surface area contributed by atoms with Crippen molar-refractivity contribution < 1.29 is 9.84 Å². The Morgan fingerprint density at radius 3 is 2.56 bits per heavy atom. The van der Waals surface area contributed by atoms with Gasteiger partial charge >= 0.3 is 0 Å². The summed E-state index contributed by atoms with van der Waals surface area (Å²) in [6, 6.07) is 6.12. The third kappa shape index (κ3) is 2.28. The fourth-order valence-corrected chi connectivity index (χ4v) is 2.23. The first-order chi connectivity index (χ1) is 7.58. The van der Waals surface area contributed by atoms with E-state index < -0.39 is 6.10 Å². The summed E-state index contributed by atoms with van der Waals surface area (Å²) < 4.78 is 5.70. The first-order valence-electron chi connectivity index (χ1n) is 5.98. The van der Waals surface area contributed by atoms with Crippen molar-refractivity contribution in [2.24, 2.45) is 0 Å². The molecule has 1 aromatic rings. The fourth-order valence-electron chi connectivity index (χ4n) is 2.23. The molecule has 0 spiro atoms. The Kier molecular flexibility index (Phi) is 3.31. The van der Waals surface area contributed by atoms with E-state index >= 15 is 0 Å². The van der Waals surface area contributed by atoms with Gasteiger partial charge in [0.15, 0.2) is 0 Å². The SMILES string of the molecule is Cc1ccc(C(O)C2CCC(C)O2)cc1C. The van der Waals surface area contributed by atoms with Gasteiger partial charge in [0.2, 0.25) is 0 Å². The van der Waals surface area contributed by atoms with Crippen LogP contribution in [0.4, 0.5) is 0 Å². The minimum Gasteiger partial charge on any atom is -0.386 e. The van der Waals surface area contributed by atoms with Crippen LogP contribution in [0.3, 0.4) is 0 Å². The van der Waals surface area contributed by atoms with Gasteiger partial charge in [-0.3, -0.25) is 0 Å². The van der Waals surface area contributed by atoms with Gasteiger partial charge < -0.3 is 9.84 Å². The standard InChI is InChI=1S/C14H20O2/c1-9-4-6-12(8-10(9)2)14(15)13-7-5-11(3)16-13/h4,6,8,11,13-15H,5,7H2,1-3H3. The Hall–Kier alpha value is -0.860. The maximum Gasteiger partial charge on any atom is 0.105 e. The number of hydrogen-bond donors (Lipinski definition) is 1. The molecule has 2 heteroatoms. The van der Waals surface area contributed by atoms with Gasteiger partial charge in [0.1, 0.15) is 6.10 Å². The highest BCUT2D eigenvalue weighted by atomic mass is 16.5. The molecule has 1 aliphatic rings. The van der Waals surface area contributed by atoms with Gasteiger partial charge in [-0.15, -0.1) is 0 Å².